The van der Waals surface area contributed by atoms with Crippen molar-refractivity contribution in [2.75, 3.05) is 34.4 Å². The van der Waals surface area contributed by atoms with E-state index in [9.17, 15) is 9.59 Å². The van der Waals surface area contributed by atoms with Gasteiger partial charge in [-0.2, -0.15) is 5.10 Å². The molecule has 29 heavy (non-hydrogen) atoms. The van der Waals surface area contributed by atoms with E-state index in [0.29, 0.717) is 17.9 Å². The number of likely N-dealkylation sites (N-methyl/N-ethyl adjacent to an activating group) is 1. The average Bonchev–Trinajstić information content (AvgIpc) is 3.42. The van der Waals surface area contributed by atoms with Gasteiger partial charge in [-0.15, -0.1) is 11.3 Å². The molecular weight excluding hydrogens is 392 g/mol. The highest BCUT2D eigenvalue weighted by atomic mass is 32.1. The molecule has 9 heteroatoms. The maximum atomic E-state index is 12.9. The molecule has 1 aromatic heterocycles. The summed E-state index contributed by atoms with van der Waals surface area (Å²) >= 11 is 1.60. The van der Waals surface area contributed by atoms with Crippen molar-refractivity contribution in [3.63, 3.8) is 0 Å². The lowest BCUT2D eigenvalue weighted by Crippen LogP contribution is -2.88. The summed E-state index contributed by atoms with van der Waals surface area (Å²) in [6.07, 6.45) is 0.608. The highest BCUT2D eigenvalue weighted by Gasteiger charge is 2.34. The molecule has 1 aliphatic rings. The molecule has 1 aliphatic heterocycles. The lowest BCUT2D eigenvalue weighted by atomic mass is 10.0. The highest BCUT2D eigenvalue weighted by Crippen LogP contribution is 2.37. The van der Waals surface area contributed by atoms with Crippen molar-refractivity contribution in [1.29, 1.82) is 0 Å². The second-order valence-corrected chi connectivity index (χ2v) is 7.41. The maximum absolute atomic E-state index is 12.9. The van der Waals surface area contributed by atoms with Crippen LogP contribution in [0, 0.1) is 0 Å². The SMILES string of the molecule is CNC(=O)C[NH2+]CC(=O)N1N=C(c2cccs2)C[C@H]1c1ccc(OC)c(OC)c1. The van der Waals surface area contributed by atoms with E-state index in [1.807, 2.05) is 35.7 Å². The molecule has 3 rings (SSSR count). The number of hydrazone groups is 1. The average molecular weight is 418 g/mol. The van der Waals surface area contributed by atoms with Gasteiger partial charge in [0.15, 0.2) is 24.6 Å². The molecule has 1 atom stereocenters. The van der Waals surface area contributed by atoms with E-state index in [-0.39, 0.29) is 30.9 Å². The number of carbonyl (C=O) groups is 2. The van der Waals surface area contributed by atoms with Crippen LogP contribution in [0.3, 0.4) is 0 Å². The van der Waals surface area contributed by atoms with Gasteiger partial charge in [-0.3, -0.25) is 9.59 Å². The number of hydrogen-bond acceptors (Lipinski definition) is 6. The number of quaternary nitrogens is 1. The molecule has 0 bridgehead atoms. The van der Waals surface area contributed by atoms with Gasteiger partial charge < -0.3 is 20.1 Å². The Morgan fingerprint density at radius 1 is 1.24 bits per heavy atom. The van der Waals surface area contributed by atoms with E-state index in [1.54, 1.807) is 37.9 Å². The van der Waals surface area contributed by atoms with Gasteiger partial charge in [0.1, 0.15) is 0 Å². The lowest BCUT2D eigenvalue weighted by molar-refractivity contribution is -0.633. The molecule has 0 spiro atoms. The summed E-state index contributed by atoms with van der Waals surface area (Å²) in [5.74, 6) is 0.956. The molecular formula is C20H25N4O4S+. The Hall–Kier alpha value is -2.91. The summed E-state index contributed by atoms with van der Waals surface area (Å²) in [7, 11) is 4.74. The summed E-state index contributed by atoms with van der Waals surface area (Å²) in [6.45, 7) is 0.330. The van der Waals surface area contributed by atoms with E-state index in [2.05, 4.69) is 10.4 Å². The summed E-state index contributed by atoms with van der Waals surface area (Å²) in [5, 5.41) is 12.4. The van der Waals surface area contributed by atoms with Crippen LogP contribution in [0.15, 0.2) is 40.8 Å². The minimum atomic E-state index is -0.243. The fourth-order valence-corrected chi connectivity index (χ4v) is 3.89. The number of nitrogens with one attached hydrogen (secondary N) is 1. The molecule has 0 unspecified atom stereocenters. The van der Waals surface area contributed by atoms with Crippen molar-refractivity contribution in [2.45, 2.75) is 12.5 Å². The monoisotopic (exact) mass is 417 g/mol. The van der Waals surface area contributed by atoms with Gasteiger partial charge in [-0.25, -0.2) is 5.01 Å². The number of amides is 2. The number of benzene rings is 1. The van der Waals surface area contributed by atoms with Crippen LogP contribution < -0.4 is 20.1 Å². The Balaban J connectivity index is 1.84. The van der Waals surface area contributed by atoms with Gasteiger partial charge >= 0.3 is 0 Å². The predicted octanol–water partition coefficient (Wildman–Crippen LogP) is 0.752. The molecule has 8 nitrogen and oxygen atoms in total. The summed E-state index contributed by atoms with van der Waals surface area (Å²) in [6, 6.07) is 9.36. The van der Waals surface area contributed by atoms with E-state index in [4.69, 9.17) is 9.47 Å². The minimum Gasteiger partial charge on any atom is -0.493 e. The van der Waals surface area contributed by atoms with Crippen LogP contribution in [0.4, 0.5) is 0 Å². The molecule has 0 aliphatic carbocycles. The zero-order valence-corrected chi connectivity index (χ0v) is 17.5. The van der Waals surface area contributed by atoms with Gasteiger partial charge in [0.25, 0.3) is 11.8 Å². The molecule has 0 saturated carbocycles. The smallest absolute Gasteiger partial charge is 0.298 e. The predicted molar refractivity (Wildman–Crippen MR) is 110 cm³/mol. The number of ether oxygens (including phenoxy) is 2. The number of nitrogens with zero attached hydrogens (tertiary/aromatic N) is 2. The first-order valence-corrected chi connectivity index (χ1v) is 10.1. The first-order chi connectivity index (χ1) is 14.1. The summed E-state index contributed by atoms with van der Waals surface area (Å²) in [4.78, 5) is 25.4. The zero-order valence-electron chi connectivity index (χ0n) is 16.7. The quantitative estimate of drug-likeness (QED) is 0.663. The number of carbonyl (C=O) groups excluding carboxylic acids is 2. The Morgan fingerprint density at radius 3 is 2.69 bits per heavy atom. The van der Waals surface area contributed by atoms with E-state index in [0.717, 1.165) is 16.2 Å². The fraction of sp³-hybridized carbons (Fsp3) is 0.350. The molecule has 0 saturated heterocycles. The normalized spacial score (nSPS) is 15.8. The molecule has 0 fully saturated rings. The molecule has 2 aromatic rings. The van der Waals surface area contributed by atoms with Crippen LogP contribution >= 0.6 is 11.3 Å². The standard InChI is InChI=1S/C20H24N4O4S/c1-21-19(25)11-22-12-20(26)24-15(10-14(23-24)18-5-4-8-29-18)13-6-7-16(27-2)17(9-13)28-3/h4-9,15,22H,10-12H2,1-3H3,(H,21,25)/p+1/t15-/m0/s1. The largest absolute Gasteiger partial charge is 0.493 e. The first-order valence-electron chi connectivity index (χ1n) is 9.25. The van der Waals surface area contributed by atoms with Gasteiger partial charge in [0.05, 0.1) is 30.9 Å². The number of methoxy groups -OCH3 is 2. The molecule has 0 radical (unpaired) electrons. The Morgan fingerprint density at radius 2 is 2.03 bits per heavy atom. The van der Waals surface area contributed by atoms with Crippen LogP contribution in [0.1, 0.15) is 22.9 Å². The van der Waals surface area contributed by atoms with Gasteiger partial charge in [-0.1, -0.05) is 12.1 Å². The minimum absolute atomic E-state index is 0.126. The van der Waals surface area contributed by atoms with Crippen molar-refractivity contribution in [1.82, 2.24) is 10.3 Å². The topological polar surface area (TPSA) is 96.8 Å². The summed E-state index contributed by atoms with van der Waals surface area (Å²) in [5.41, 5.74) is 1.79. The Labute approximate surface area is 173 Å². The van der Waals surface area contributed by atoms with E-state index in [1.165, 1.54) is 5.01 Å². The van der Waals surface area contributed by atoms with Crippen molar-refractivity contribution >= 4 is 28.9 Å². The van der Waals surface area contributed by atoms with Gasteiger partial charge in [0.2, 0.25) is 0 Å². The van der Waals surface area contributed by atoms with E-state index < -0.39 is 0 Å². The van der Waals surface area contributed by atoms with Crippen LogP contribution in [-0.2, 0) is 9.59 Å². The molecule has 2 amide bonds. The van der Waals surface area contributed by atoms with Gasteiger partial charge in [0, 0.05) is 13.5 Å². The molecule has 2 heterocycles. The fourth-order valence-electron chi connectivity index (χ4n) is 3.17. The Kier molecular flexibility index (Phi) is 6.84. The third-order valence-corrected chi connectivity index (χ3v) is 5.61. The number of thiophene rings is 1. The lowest BCUT2D eigenvalue weighted by Gasteiger charge is -2.22. The first kappa shape index (κ1) is 20.8. The third-order valence-electron chi connectivity index (χ3n) is 4.69. The molecule has 154 valence electrons. The number of nitrogens with two attached hydrogens (primary N) is 1. The van der Waals surface area contributed by atoms with Crippen molar-refractivity contribution in [2.24, 2.45) is 5.10 Å². The third kappa shape index (κ3) is 4.75. The zero-order chi connectivity index (χ0) is 20.8. The number of hydrogen-bond donors (Lipinski definition) is 2. The van der Waals surface area contributed by atoms with Crippen molar-refractivity contribution in [3.8, 4) is 11.5 Å². The van der Waals surface area contributed by atoms with Crippen LogP contribution in [0.25, 0.3) is 0 Å². The second-order valence-electron chi connectivity index (χ2n) is 6.47. The van der Waals surface area contributed by atoms with Crippen molar-refractivity contribution in [3.05, 3.63) is 46.2 Å². The second kappa shape index (κ2) is 9.53. The molecule has 3 N–H and O–H groups in total. The summed E-state index contributed by atoms with van der Waals surface area (Å²) < 4.78 is 10.7. The van der Waals surface area contributed by atoms with Crippen molar-refractivity contribution < 1.29 is 24.4 Å². The number of rotatable bonds is 8. The van der Waals surface area contributed by atoms with Crippen LogP contribution in [-0.4, -0.2) is 56.9 Å². The molecule has 1 aromatic carbocycles. The maximum Gasteiger partial charge on any atom is 0.298 e. The Bertz CT molecular complexity index is 898. The highest BCUT2D eigenvalue weighted by molar-refractivity contribution is 7.12. The van der Waals surface area contributed by atoms with Crippen LogP contribution in [0.2, 0.25) is 0 Å². The van der Waals surface area contributed by atoms with Crippen LogP contribution in [0.5, 0.6) is 11.5 Å². The van der Waals surface area contributed by atoms with E-state index >= 15 is 0 Å². The van der Waals surface area contributed by atoms with Gasteiger partial charge in [-0.05, 0) is 29.1 Å².